The number of ether oxygens (including phenoxy) is 1. The molecule has 0 saturated carbocycles. The SMILES string of the molecule is O=[N+]([O-])c1cc(F)cc(OC(F)(F)F)c1Br. The van der Waals surface area contributed by atoms with E-state index in [0.717, 1.165) is 0 Å². The van der Waals surface area contributed by atoms with Crippen LogP contribution in [0.25, 0.3) is 0 Å². The average molecular weight is 304 g/mol. The van der Waals surface area contributed by atoms with E-state index in [1.54, 1.807) is 0 Å². The Labute approximate surface area is 94.1 Å². The number of nitro groups is 1. The molecule has 0 fully saturated rings. The first-order valence-corrected chi connectivity index (χ1v) is 4.39. The maximum absolute atomic E-state index is 12.8. The minimum Gasteiger partial charge on any atom is -0.404 e. The summed E-state index contributed by atoms with van der Waals surface area (Å²) in [6, 6.07) is 0.873. The van der Waals surface area contributed by atoms with Gasteiger partial charge in [-0.15, -0.1) is 13.2 Å². The van der Waals surface area contributed by atoms with Crippen LogP contribution in [0.3, 0.4) is 0 Å². The number of nitrogens with zero attached hydrogens (tertiary/aromatic N) is 1. The highest BCUT2D eigenvalue weighted by Crippen LogP contribution is 2.37. The molecule has 0 radical (unpaired) electrons. The van der Waals surface area contributed by atoms with Crippen molar-refractivity contribution in [2.75, 3.05) is 0 Å². The van der Waals surface area contributed by atoms with E-state index in [4.69, 9.17) is 0 Å². The molecule has 1 aromatic carbocycles. The predicted molar refractivity (Wildman–Crippen MR) is 47.4 cm³/mol. The van der Waals surface area contributed by atoms with Crippen molar-refractivity contribution < 1.29 is 27.2 Å². The standard InChI is InChI=1S/C7H2BrF4NO3/c8-6-4(13(14)15)1-3(9)2-5(6)16-7(10,11)12/h1-2H. The molecular formula is C7H2BrF4NO3. The van der Waals surface area contributed by atoms with Crippen molar-refractivity contribution in [1.82, 2.24) is 0 Å². The quantitative estimate of drug-likeness (QED) is 0.478. The summed E-state index contributed by atoms with van der Waals surface area (Å²) in [5.41, 5.74) is -0.848. The molecular weight excluding hydrogens is 302 g/mol. The van der Waals surface area contributed by atoms with E-state index >= 15 is 0 Å². The molecule has 0 N–H and O–H groups in total. The second kappa shape index (κ2) is 4.24. The fourth-order valence-corrected chi connectivity index (χ4v) is 1.34. The van der Waals surface area contributed by atoms with Gasteiger partial charge in [0, 0.05) is 6.07 Å². The number of alkyl halides is 3. The summed E-state index contributed by atoms with van der Waals surface area (Å²) in [6.45, 7) is 0. The lowest BCUT2D eigenvalue weighted by Crippen LogP contribution is -2.17. The van der Waals surface area contributed by atoms with Crippen LogP contribution in [-0.4, -0.2) is 11.3 Å². The Hall–Kier alpha value is -1.38. The third kappa shape index (κ3) is 3.05. The molecule has 1 aromatic rings. The first-order valence-electron chi connectivity index (χ1n) is 3.60. The van der Waals surface area contributed by atoms with Crippen LogP contribution in [-0.2, 0) is 0 Å². The Kier molecular flexibility index (Phi) is 3.36. The summed E-state index contributed by atoms with van der Waals surface area (Å²) in [5, 5.41) is 10.4. The summed E-state index contributed by atoms with van der Waals surface area (Å²) in [5.74, 6) is -2.20. The van der Waals surface area contributed by atoms with Gasteiger partial charge in [-0.05, 0) is 15.9 Å². The molecule has 0 bridgehead atoms. The van der Waals surface area contributed by atoms with Crippen LogP contribution in [0.5, 0.6) is 5.75 Å². The van der Waals surface area contributed by atoms with Crippen molar-refractivity contribution in [3.8, 4) is 5.75 Å². The fraction of sp³-hybridized carbons (Fsp3) is 0.143. The summed E-state index contributed by atoms with van der Waals surface area (Å²) >= 11 is 2.54. The van der Waals surface area contributed by atoms with Gasteiger partial charge in [-0.3, -0.25) is 10.1 Å². The molecule has 0 amide bonds. The molecule has 4 nitrogen and oxygen atoms in total. The number of nitro benzene ring substituents is 1. The van der Waals surface area contributed by atoms with Crippen molar-refractivity contribution >= 4 is 21.6 Å². The average Bonchev–Trinajstić information content (AvgIpc) is 2.07. The monoisotopic (exact) mass is 303 g/mol. The van der Waals surface area contributed by atoms with Gasteiger partial charge in [0.1, 0.15) is 10.3 Å². The van der Waals surface area contributed by atoms with Crippen molar-refractivity contribution in [2.45, 2.75) is 6.36 Å². The zero-order valence-electron chi connectivity index (χ0n) is 7.22. The summed E-state index contributed by atoms with van der Waals surface area (Å²) in [7, 11) is 0. The fourth-order valence-electron chi connectivity index (χ4n) is 0.882. The smallest absolute Gasteiger partial charge is 0.404 e. The number of hydrogen-bond acceptors (Lipinski definition) is 3. The lowest BCUT2D eigenvalue weighted by Gasteiger charge is -2.10. The van der Waals surface area contributed by atoms with Crippen molar-refractivity contribution in [3.63, 3.8) is 0 Å². The van der Waals surface area contributed by atoms with Crippen LogP contribution >= 0.6 is 15.9 Å². The molecule has 0 spiro atoms. The van der Waals surface area contributed by atoms with Crippen LogP contribution in [0.4, 0.5) is 23.2 Å². The van der Waals surface area contributed by atoms with Gasteiger partial charge in [0.2, 0.25) is 0 Å². The van der Waals surface area contributed by atoms with Crippen molar-refractivity contribution in [3.05, 3.63) is 32.5 Å². The number of rotatable bonds is 2. The molecule has 88 valence electrons. The third-order valence-corrected chi connectivity index (χ3v) is 2.20. The maximum atomic E-state index is 12.8. The van der Waals surface area contributed by atoms with E-state index in [2.05, 4.69) is 20.7 Å². The molecule has 0 aromatic heterocycles. The normalized spacial score (nSPS) is 11.3. The van der Waals surface area contributed by atoms with Crippen LogP contribution < -0.4 is 4.74 Å². The molecule has 0 aliphatic heterocycles. The Morgan fingerprint density at radius 3 is 2.38 bits per heavy atom. The molecule has 0 atom stereocenters. The molecule has 0 saturated heterocycles. The third-order valence-electron chi connectivity index (χ3n) is 1.41. The van der Waals surface area contributed by atoms with Crippen molar-refractivity contribution in [1.29, 1.82) is 0 Å². The van der Waals surface area contributed by atoms with Crippen LogP contribution in [0.2, 0.25) is 0 Å². The topological polar surface area (TPSA) is 52.4 Å². The largest absolute Gasteiger partial charge is 0.573 e. The van der Waals surface area contributed by atoms with E-state index in [1.807, 2.05) is 0 Å². The molecule has 0 aliphatic rings. The zero-order valence-corrected chi connectivity index (χ0v) is 8.80. The lowest BCUT2D eigenvalue weighted by atomic mass is 10.3. The Balaban J connectivity index is 3.25. The van der Waals surface area contributed by atoms with Gasteiger partial charge in [0.25, 0.3) is 5.69 Å². The van der Waals surface area contributed by atoms with Crippen LogP contribution in [0.1, 0.15) is 0 Å². The minimum atomic E-state index is -5.05. The maximum Gasteiger partial charge on any atom is 0.573 e. The highest BCUT2D eigenvalue weighted by atomic mass is 79.9. The highest BCUT2D eigenvalue weighted by Gasteiger charge is 2.33. The second-order valence-corrected chi connectivity index (χ2v) is 3.33. The number of halogens is 5. The summed E-state index contributed by atoms with van der Waals surface area (Å²) < 4.78 is 51.2. The highest BCUT2D eigenvalue weighted by molar-refractivity contribution is 9.10. The molecule has 9 heteroatoms. The van der Waals surface area contributed by atoms with Gasteiger partial charge in [-0.2, -0.15) is 0 Å². The molecule has 1 rings (SSSR count). The van der Waals surface area contributed by atoms with E-state index < -0.39 is 33.0 Å². The number of hydrogen-bond donors (Lipinski definition) is 0. The first-order chi connectivity index (χ1) is 7.20. The van der Waals surface area contributed by atoms with E-state index in [1.165, 1.54) is 0 Å². The van der Waals surface area contributed by atoms with Gasteiger partial charge < -0.3 is 4.74 Å². The second-order valence-electron chi connectivity index (χ2n) is 2.54. The predicted octanol–water partition coefficient (Wildman–Crippen LogP) is 3.39. The Bertz CT molecular complexity index is 434. The molecule has 16 heavy (non-hydrogen) atoms. The van der Waals surface area contributed by atoms with Gasteiger partial charge >= 0.3 is 6.36 Å². The summed E-state index contributed by atoms with van der Waals surface area (Å²) in [4.78, 5) is 9.33. The minimum absolute atomic E-state index is 0.393. The van der Waals surface area contributed by atoms with E-state index in [-0.39, 0.29) is 0 Å². The van der Waals surface area contributed by atoms with Gasteiger partial charge in [-0.25, -0.2) is 4.39 Å². The van der Waals surface area contributed by atoms with Crippen LogP contribution in [0.15, 0.2) is 16.6 Å². The molecule has 0 unspecified atom stereocenters. The first kappa shape index (κ1) is 12.7. The molecule has 0 aliphatic carbocycles. The Morgan fingerprint density at radius 1 is 1.38 bits per heavy atom. The zero-order chi connectivity index (χ0) is 12.5. The van der Waals surface area contributed by atoms with Gasteiger partial charge in [0.15, 0.2) is 5.75 Å². The van der Waals surface area contributed by atoms with Crippen LogP contribution in [0, 0.1) is 15.9 Å². The number of benzene rings is 1. The molecule has 0 heterocycles. The van der Waals surface area contributed by atoms with Gasteiger partial charge in [-0.1, -0.05) is 0 Å². The lowest BCUT2D eigenvalue weighted by molar-refractivity contribution is -0.386. The summed E-state index contributed by atoms with van der Waals surface area (Å²) in [6.07, 6.45) is -5.05. The Morgan fingerprint density at radius 2 is 1.94 bits per heavy atom. The van der Waals surface area contributed by atoms with E-state index in [0.29, 0.717) is 12.1 Å². The van der Waals surface area contributed by atoms with Gasteiger partial charge in [0.05, 0.1) is 11.0 Å². The van der Waals surface area contributed by atoms with E-state index in [9.17, 15) is 27.7 Å². The van der Waals surface area contributed by atoms with Crippen molar-refractivity contribution in [2.24, 2.45) is 0 Å².